The van der Waals surface area contributed by atoms with Crippen LogP contribution in [0.2, 0.25) is 0 Å². The monoisotopic (exact) mass is 373 g/mol. The van der Waals surface area contributed by atoms with E-state index in [4.69, 9.17) is 0 Å². The molecule has 1 saturated heterocycles. The third-order valence-corrected chi connectivity index (χ3v) is 5.93. The van der Waals surface area contributed by atoms with Gasteiger partial charge in [0.25, 0.3) is 5.91 Å². The van der Waals surface area contributed by atoms with Crippen LogP contribution in [0.1, 0.15) is 0 Å². The Hall–Kier alpha value is -2.04. The number of carbonyl (C=O) groups is 2. The Morgan fingerprint density at radius 3 is 2.32 bits per heavy atom. The highest BCUT2D eigenvalue weighted by molar-refractivity contribution is 7.89. The van der Waals surface area contributed by atoms with Gasteiger partial charge in [-0.1, -0.05) is 0 Å². The van der Waals surface area contributed by atoms with Crippen molar-refractivity contribution in [3.05, 3.63) is 30.1 Å². The number of nitrogens with one attached hydrogen (secondary N) is 3. The lowest BCUT2D eigenvalue weighted by molar-refractivity contribution is -0.895. The van der Waals surface area contributed by atoms with Crippen molar-refractivity contribution >= 4 is 21.8 Å². The van der Waals surface area contributed by atoms with Gasteiger partial charge < -0.3 is 15.5 Å². The van der Waals surface area contributed by atoms with E-state index in [1.165, 1.54) is 23.5 Å². The molecule has 10 heteroatoms. The molecule has 1 aromatic rings. The lowest BCUT2D eigenvalue weighted by Gasteiger charge is -2.31. The number of benzene rings is 1. The van der Waals surface area contributed by atoms with Gasteiger partial charge in [0.2, 0.25) is 15.9 Å². The van der Waals surface area contributed by atoms with Crippen LogP contribution in [-0.4, -0.2) is 70.9 Å². The van der Waals surface area contributed by atoms with Crippen molar-refractivity contribution in [2.45, 2.75) is 4.90 Å². The fourth-order valence-electron chi connectivity index (χ4n) is 2.53. The second kappa shape index (κ2) is 8.37. The minimum absolute atomic E-state index is 0.0562. The normalized spacial score (nSPS) is 16.4. The first kappa shape index (κ1) is 19.3. The number of quaternary nitrogens is 1. The number of hydrogen-bond donors (Lipinski definition) is 3. The highest BCUT2D eigenvalue weighted by Gasteiger charge is 2.31. The van der Waals surface area contributed by atoms with Crippen molar-refractivity contribution in [3.63, 3.8) is 0 Å². The van der Waals surface area contributed by atoms with Gasteiger partial charge in [0.1, 0.15) is 5.82 Å². The maximum Gasteiger partial charge on any atom is 0.275 e. The standard InChI is InChI=1S/C15H21FN4O4S/c1-17-14(21)10-18-15(22)11-19-6-8-20(9-7-19)25(23,24)13-4-2-12(16)3-5-13/h2-5H,6-11H2,1H3,(H,17,21)(H,18,22)/p+1. The highest BCUT2D eigenvalue weighted by Crippen LogP contribution is 2.15. The summed E-state index contributed by atoms with van der Waals surface area (Å²) in [6.07, 6.45) is 0. The zero-order valence-electron chi connectivity index (χ0n) is 13.9. The zero-order valence-corrected chi connectivity index (χ0v) is 14.7. The molecular weight excluding hydrogens is 351 g/mol. The van der Waals surface area contributed by atoms with Crippen molar-refractivity contribution in [2.75, 3.05) is 46.3 Å². The Morgan fingerprint density at radius 2 is 1.76 bits per heavy atom. The van der Waals surface area contributed by atoms with Gasteiger partial charge in [-0.2, -0.15) is 4.31 Å². The van der Waals surface area contributed by atoms with Crippen molar-refractivity contribution in [2.24, 2.45) is 0 Å². The van der Waals surface area contributed by atoms with Crippen LogP contribution in [-0.2, 0) is 19.6 Å². The number of rotatable bonds is 6. The summed E-state index contributed by atoms with van der Waals surface area (Å²) in [7, 11) is -2.17. The molecule has 0 atom stereocenters. The molecule has 0 aliphatic carbocycles. The lowest BCUT2D eigenvalue weighted by Crippen LogP contribution is -3.15. The lowest BCUT2D eigenvalue weighted by atomic mass is 10.3. The second-order valence-corrected chi connectivity index (χ2v) is 7.67. The zero-order chi connectivity index (χ0) is 18.4. The van der Waals surface area contributed by atoms with E-state index in [9.17, 15) is 22.4 Å². The summed E-state index contributed by atoms with van der Waals surface area (Å²) >= 11 is 0. The van der Waals surface area contributed by atoms with E-state index in [0.717, 1.165) is 17.0 Å². The van der Waals surface area contributed by atoms with E-state index in [0.29, 0.717) is 13.1 Å². The predicted molar refractivity (Wildman–Crippen MR) is 87.8 cm³/mol. The molecule has 0 aromatic heterocycles. The van der Waals surface area contributed by atoms with Gasteiger partial charge in [-0.3, -0.25) is 9.59 Å². The fraction of sp³-hybridized carbons (Fsp3) is 0.467. The third kappa shape index (κ3) is 5.21. The van der Waals surface area contributed by atoms with Crippen LogP contribution in [0.3, 0.4) is 0 Å². The van der Waals surface area contributed by atoms with E-state index in [2.05, 4.69) is 10.6 Å². The van der Waals surface area contributed by atoms with Crippen LogP contribution in [0.15, 0.2) is 29.2 Å². The van der Waals surface area contributed by atoms with Gasteiger partial charge in [-0.25, -0.2) is 12.8 Å². The van der Waals surface area contributed by atoms with Crippen molar-refractivity contribution in [1.29, 1.82) is 0 Å². The quantitative estimate of drug-likeness (QED) is 0.517. The number of hydrogen-bond acceptors (Lipinski definition) is 4. The summed E-state index contributed by atoms with van der Waals surface area (Å²) < 4.78 is 39.3. The molecule has 2 rings (SSSR count). The molecule has 1 heterocycles. The Bertz CT molecular complexity index is 716. The van der Waals surface area contributed by atoms with E-state index >= 15 is 0 Å². The average molecular weight is 373 g/mol. The summed E-state index contributed by atoms with van der Waals surface area (Å²) in [6.45, 7) is 1.62. The number of halogens is 1. The molecule has 138 valence electrons. The van der Waals surface area contributed by atoms with Gasteiger partial charge in [0.15, 0.2) is 6.54 Å². The van der Waals surface area contributed by atoms with Gasteiger partial charge in [0, 0.05) is 7.05 Å². The number of nitrogens with zero attached hydrogens (tertiary/aromatic N) is 1. The Balaban J connectivity index is 1.85. The summed E-state index contributed by atoms with van der Waals surface area (Å²) in [5, 5.41) is 4.92. The minimum atomic E-state index is -3.66. The molecule has 0 bridgehead atoms. The number of piperazine rings is 1. The van der Waals surface area contributed by atoms with Gasteiger partial charge in [-0.15, -0.1) is 0 Å². The fourth-order valence-corrected chi connectivity index (χ4v) is 3.97. The van der Waals surface area contributed by atoms with Crippen molar-refractivity contribution in [3.8, 4) is 0 Å². The van der Waals surface area contributed by atoms with Gasteiger partial charge >= 0.3 is 0 Å². The molecule has 1 aliphatic heterocycles. The van der Waals surface area contributed by atoms with E-state index in [1.807, 2.05) is 0 Å². The molecule has 1 fully saturated rings. The van der Waals surface area contributed by atoms with Crippen LogP contribution in [0.4, 0.5) is 4.39 Å². The molecule has 2 amide bonds. The predicted octanol–water partition coefficient (Wildman–Crippen LogP) is -2.42. The molecule has 1 aliphatic rings. The minimum Gasteiger partial charge on any atom is -0.358 e. The van der Waals surface area contributed by atoms with E-state index in [-0.39, 0.29) is 42.9 Å². The van der Waals surface area contributed by atoms with Crippen molar-refractivity contribution in [1.82, 2.24) is 14.9 Å². The molecule has 25 heavy (non-hydrogen) atoms. The van der Waals surface area contributed by atoms with Gasteiger partial charge in [0.05, 0.1) is 37.6 Å². The van der Waals surface area contributed by atoms with E-state index < -0.39 is 15.8 Å². The van der Waals surface area contributed by atoms with Crippen LogP contribution in [0.5, 0.6) is 0 Å². The summed E-state index contributed by atoms with van der Waals surface area (Å²) in [4.78, 5) is 23.9. The summed E-state index contributed by atoms with van der Waals surface area (Å²) in [5.74, 6) is -1.03. The smallest absolute Gasteiger partial charge is 0.275 e. The number of sulfonamides is 1. The molecule has 0 spiro atoms. The molecule has 8 nitrogen and oxygen atoms in total. The van der Waals surface area contributed by atoms with Crippen molar-refractivity contribution < 1.29 is 27.3 Å². The molecule has 0 radical (unpaired) electrons. The maximum absolute atomic E-state index is 13.0. The second-order valence-electron chi connectivity index (χ2n) is 5.73. The van der Waals surface area contributed by atoms with E-state index in [1.54, 1.807) is 0 Å². The molecule has 0 unspecified atom stereocenters. The van der Waals surface area contributed by atoms with Gasteiger partial charge in [-0.05, 0) is 24.3 Å². The first-order chi connectivity index (χ1) is 11.8. The average Bonchev–Trinajstić information content (AvgIpc) is 2.60. The number of carbonyl (C=O) groups excluding carboxylic acids is 2. The molecule has 3 N–H and O–H groups in total. The maximum atomic E-state index is 13.0. The largest absolute Gasteiger partial charge is 0.358 e. The molecular formula is C15H22FN4O4S+. The third-order valence-electron chi connectivity index (χ3n) is 4.02. The highest BCUT2D eigenvalue weighted by atomic mass is 32.2. The number of likely N-dealkylation sites (N-methyl/N-ethyl adjacent to an activating group) is 1. The Morgan fingerprint density at radius 1 is 1.16 bits per heavy atom. The number of amides is 2. The SMILES string of the molecule is CNC(=O)CNC(=O)C[NH+]1CCN(S(=O)(=O)c2ccc(F)cc2)CC1. The first-order valence-corrected chi connectivity index (χ1v) is 9.33. The van der Waals surface area contributed by atoms with Crippen LogP contribution in [0.25, 0.3) is 0 Å². The Kier molecular flexibility index (Phi) is 6.45. The first-order valence-electron chi connectivity index (χ1n) is 7.89. The summed E-state index contributed by atoms with van der Waals surface area (Å²) in [6, 6.07) is 4.72. The topological polar surface area (TPSA) is 100 Å². The summed E-state index contributed by atoms with van der Waals surface area (Å²) in [5.41, 5.74) is 0. The van der Waals surface area contributed by atoms with Crippen LogP contribution >= 0.6 is 0 Å². The molecule has 0 saturated carbocycles. The molecule has 1 aromatic carbocycles. The van der Waals surface area contributed by atoms with Crippen LogP contribution in [0, 0.1) is 5.82 Å². The Labute approximate surface area is 146 Å². The van der Waals surface area contributed by atoms with Crippen LogP contribution < -0.4 is 15.5 Å².